The van der Waals surface area contributed by atoms with Gasteiger partial charge < -0.3 is 38.3 Å². The maximum atomic E-state index is 13.5. The van der Waals surface area contributed by atoms with Crippen molar-refractivity contribution in [1.29, 1.82) is 0 Å². The summed E-state index contributed by atoms with van der Waals surface area (Å²) in [6.45, 7) is 21.0. The van der Waals surface area contributed by atoms with Gasteiger partial charge in [-0.3, -0.25) is 24.0 Å². The highest BCUT2D eigenvalue weighted by atomic mass is 16.7. The Bertz CT molecular complexity index is 1430. The minimum atomic E-state index is -1.32. The van der Waals surface area contributed by atoms with E-state index in [-0.39, 0.29) is 68.2 Å². The van der Waals surface area contributed by atoms with Gasteiger partial charge in [0.2, 0.25) is 0 Å². The molecule has 338 valence electrons. The lowest BCUT2D eigenvalue weighted by atomic mass is 9.79. The summed E-state index contributed by atoms with van der Waals surface area (Å²) in [7, 11) is 1.27. The molecule has 9 unspecified atom stereocenters. The molecule has 1 N–H and O–H groups in total. The number of ether oxygens (including phenoxy) is 7. The topological polar surface area (TPSA) is 187 Å². The number of carbonyl (C=O) groups is 6. The van der Waals surface area contributed by atoms with Gasteiger partial charge in [-0.25, -0.2) is 4.79 Å². The Kier molecular flexibility index (Phi) is 21.4. The lowest BCUT2D eigenvalue weighted by Gasteiger charge is -2.51. The fourth-order valence-electron chi connectivity index (χ4n) is 8.22. The van der Waals surface area contributed by atoms with Gasteiger partial charge in [-0.1, -0.05) is 68.4 Å². The quantitative estimate of drug-likeness (QED) is 0.0655. The Morgan fingerprint density at radius 1 is 0.797 bits per heavy atom. The van der Waals surface area contributed by atoms with Crippen LogP contribution in [0.5, 0.6) is 0 Å². The van der Waals surface area contributed by atoms with Gasteiger partial charge in [0.15, 0.2) is 17.4 Å². The van der Waals surface area contributed by atoms with E-state index in [0.29, 0.717) is 31.3 Å². The van der Waals surface area contributed by atoms with Gasteiger partial charge in [0, 0.05) is 50.5 Å². The molecule has 2 heterocycles. The standard InChI is InChI=1S/C45H74O14/c1-14-34(48)24-54-35(16-15-29(8)44(52)53-13)31(10)43(55-33(12)47)37(56-39(49)17-25(2)3)21-30(9)42(57-40(50)18-26(4)5)38-20-28(7)23-45(59-38)22-27(6)19-36(58-45)41(51)32(11)46/h15,25-28,30-31,35-38,41-43,51H,14,16-24H2,1-13H3/b29-15+/t27-,28?,30?,31?,35?,36+,37?,38?,41?,42?,43?,45+/m0/s1. The number of aliphatic hydroxyl groups is 1. The highest BCUT2D eigenvalue weighted by molar-refractivity contribution is 5.87. The number of Topliss-reactive ketones (excluding diaryl/α,β-unsaturated/α-hetero) is 2. The van der Waals surface area contributed by atoms with E-state index in [2.05, 4.69) is 6.92 Å². The summed E-state index contributed by atoms with van der Waals surface area (Å²) in [5.74, 6) is -5.04. The molecule has 0 radical (unpaired) electrons. The molecule has 12 atom stereocenters. The van der Waals surface area contributed by atoms with Crippen molar-refractivity contribution in [2.45, 2.75) is 189 Å². The predicted octanol–water partition coefficient (Wildman–Crippen LogP) is 6.65. The number of carbonyl (C=O) groups excluding carboxylic acids is 6. The van der Waals surface area contributed by atoms with Crippen LogP contribution < -0.4 is 0 Å². The van der Waals surface area contributed by atoms with E-state index in [0.717, 1.165) is 0 Å². The third-order valence-electron chi connectivity index (χ3n) is 11.1. The second kappa shape index (κ2) is 24.3. The minimum absolute atomic E-state index is 0.000300. The van der Waals surface area contributed by atoms with Crippen molar-refractivity contribution < 1.29 is 67.0 Å². The van der Waals surface area contributed by atoms with E-state index in [9.17, 15) is 33.9 Å². The van der Waals surface area contributed by atoms with Crippen LogP contribution in [-0.4, -0.2) is 103 Å². The number of aliphatic hydroxyl groups excluding tert-OH is 1. The van der Waals surface area contributed by atoms with Crippen LogP contribution in [-0.2, 0) is 61.9 Å². The smallest absolute Gasteiger partial charge is 0.333 e. The molecule has 2 saturated heterocycles. The van der Waals surface area contributed by atoms with Crippen LogP contribution in [0, 0.1) is 35.5 Å². The van der Waals surface area contributed by atoms with E-state index in [4.69, 9.17) is 33.2 Å². The normalized spacial score (nSPS) is 25.9. The monoisotopic (exact) mass is 839 g/mol. The molecule has 59 heavy (non-hydrogen) atoms. The van der Waals surface area contributed by atoms with Crippen LogP contribution >= 0.6 is 0 Å². The third kappa shape index (κ3) is 17.0. The Labute approximate surface area is 352 Å². The summed E-state index contributed by atoms with van der Waals surface area (Å²) < 4.78 is 42.9. The van der Waals surface area contributed by atoms with E-state index in [1.807, 2.05) is 41.5 Å². The molecule has 0 bridgehead atoms. The summed E-state index contributed by atoms with van der Waals surface area (Å²) in [5, 5.41) is 10.8. The van der Waals surface area contributed by atoms with Crippen molar-refractivity contribution >= 4 is 35.4 Å². The van der Waals surface area contributed by atoms with Crippen LogP contribution in [0.1, 0.15) is 141 Å². The van der Waals surface area contributed by atoms with Crippen LogP contribution in [0.15, 0.2) is 11.6 Å². The van der Waals surface area contributed by atoms with E-state index < -0.39 is 90.0 Å². The molecule has 14 heteroatoms. The van der Waals surface area contributed by atoms with Gasteiger partial charge in [-0.2, -0.15) is 0 Å². The SMILES string of the molecule is CCC(=O)COC(C/C=C(\C)C(=O)OC)C(C)C(OC(C)=O)C(CC(C)C(OC(=O)CC(C)C)C1CC(C)C[C@@]2(C[C@@H](C)C[C@H](C(O)C(C)=O)O2)O1)OC(=O)CC(C)C. The van der Waals surface area contributed by atoms with E-state index in [1.165, 1.54) is 21.0 Å². The van der Waals surface area contributed by atoms with Gasteiger partial charge in [-0.05, 0) is 69.1 Å². The minimum Gasteiger partial charge on any atom is -0.466 e. The van der Waals surface area contributed by atoms with Gasteiger partial charge in [-0.15, -0.1) is 0 Å². The molecular formula is C45H74O14. The number of rotatable bonds is 23. The second-order valence-electron chi connectivity index (χ2n) is 18.0. The van der Waals surface area contributed by atoms with Crippen molar-refractivity contribution in [2.24, 2.45) is 35.5 Å². The van der Waals surface area contributed by atoms with E-state index in [1.54, 1.807) is 26.8 Å². The van der Waals surface area contributed by atoms with Gasteiger partial charge in [0.05, 0.1) is 25.4 Å². The lowest BCUT2D eigenvalue weighted by Crippen LogP contribution is -2.57. The summed E-state index contributed by atoms with van der Waals surface area (Å²) in [5.41, 5.74) is 0.316. The molecule has 0 aromatic heterocycles. The van der Waals surface area contributed by atoms with Crippen molar-refractivity contribution in [1.82, 2.24) is 0 Å². The molecule has 0 saturated carbocycles. The first-order valence-corrected chi connectivity index (χ1v) is 21.5. The molecule has 14 nitrogen and oxygen atoms in total. The Balaban J connectivity index is 2.68. The first kappa shape index (κ1) is 51.9. The molecule has 0 aliphatic carbocycles. The molecule has 1 spiro atoms. The number of hydrogen-bond donors (Lipinski definition) is 1. The zero-order chi connectivity index (χ0) is 44.8. The largest absolute Gasteiger partial charge is 0.466 e. The van der Waals surface area contributed by atoms with E-state index >= 15 is 0 Å². The first-order valence-electron chi connectivity index (χ1n) is 21.5. The molecule has 0 amide bonds. The number of methoxy groups -OCH3 is 1. The van der Waals surface area contributed by atoms with Crippen molar-refractivity contribution in [3.8, 4) is 0 Å². The van der Waals surface area contributed by atoms with Gasteiger partial charge in [0.1, 0.15) is 31.0 Å². The zero-order valence-electron chi connectivity index (χ0n) is 37.9. The summed E-state index contributed by atoms with van der Waals surface area (Å²) in [4.78, 5) is 76.9. The van der Waals surface area contributed by atoms with Gasteiger partial charge >= 0.3 is 23.9 Å². The lowest BCUT2D eigenvalue weighted by molar-refractivity contribution is -0.347. The summed E-state index contributed by atoms with van der Waals surface area (Å²) >= 11 is 0. The average Bonchev–Trinajstić information content (AvgIpc) is 3.12. The fraction of sp³-hybridized carbons (Fsp3) is 0.822. The number of hydrogen-bond acceptors (Lipinski definition) is 14. The molecule has 2 rings (SSSR count). The molecule has 0 aromatic rings. The van der Waals surface area contributed by atoms with Crippen molar-refractivity contribution in [3.63, 3.8) is 0 Å². The Morgan fingerprint density at radius 3 is 1.85 bits per heavy atom. The molecule has 2 aliphatic rings. The zero-order valence-corrected chi connectivity index (χ0v) is 37.9. The maximum absolute atomic E-state index is 13.5. The second-order valence-corrected chi connectivity index (χ2v) is 18.0. The average molecular weight is 839 g/mol. The highest BCUT2D eigenvalue weighted by Crippen LogP contribution is 2.46. The third-order valence-corrected chi connectivity index (χ3v) is 11.1. The summed E-state index contributed by atoms with van der Waals surface area (Å²) in [6, 6.07) is 0. The highest BCUT2D eigenvalue weighted by Gasteiger charge is 2.52. The van der Waals surface area contributed by atoms with Crippen LogP contribution in [0.4, 0.5) is 0 Å². The van der Waals surface area contributed by atoms with Crippen LogP contribution in [0.3, 0.4) is 0 Å². The van der Waals surface area contributed by atoms with Crippen LogP contribution in [0.25, 0.3) is 0 Å². The predicted molar refractivity (Wildman–Crippen MR) is 219 cm³/mol. The van der Waals surface area contributed by atoms with Crippen molar-refractivity contribution in [2.75, 3.05) is 13.7 Å². The fourth-order valence-corrected chi connectivity index (χ4v) is 8.22. The molecule has 0 aromatic carbocycles. The number of ketones is 2. The Morgan fingerprint density at radius 2 is 1.34 bits per heavy atom. The molecular weight excluding hydrogens is 764 g/mol. The first-order chi connectivity index (χ1) is 27.5. The van der Waals surface area contributed by atoms with Crippen LogP contribution in [0.2, 0.25) is 0 Å². The summed E-state index contributed by atoms with van der Waals surface area (Å²) in [6.07, 6.45) is -2.33. The van der Waals surface area contributed by atoms with Crippen molar-refractivity contribution in [3.05, 3.63) is 11.6 Å². The Hall–Kier alpha value is -3.20. The maximum Gasteiger partial charge on any atom is 0.333 e. The number of esters is 4. The molecule has 2 aliphatic heterocycles. The van der Waals surface area contributed by atoms with Gasteiger partial charge in [0.25, 0.3) is 0 Å². The molecule has 2 fully saturated rings.